The van der Waals surface area contributed by atoms with E-state index in [1.54, 1.807) is 42.2 Å². The lowest BCUT2D eigenvalue weighted by Gasteiger charge is -2.34. The molecule has 2 heterocycles. The number of hydrogen-bond donors (Lipinski definition) is 1. The van der Waals surface area contributed by atoms with Crippen molar-refractivity contribution in [2.75, 3.05) is 50.9 Å². The van der Waals surface area contributed by atoms with E-state index in [-0.39, 0.29) is 24.2 Å². The number of carbonyl (C=O) groups is 1. The highest BCUT2D eigenvalue weighted by Gasteiger charge is 2.23. The number of benzene rings is 3. The molecule has 212 valence electrons. The van der Waals surface area contributed by atoms with Crippen LogP contribution < -0.4 is 23.7 Å². The summed E-state index contributed by atoms with van der Waals surface area (Å²) in [6.07, 6.45) is 0. The molecule has 1 amide bonds. The van der Waals surface area contributed by atoms with Gasteiger partial charge in [-0.05, 0) is 79.6 Å². The van der Waals surface area contributed by atoms with Crippen molar-refractivity contribution >= 4 is 21.6 Å². The van der Waals surface area contributed by atoms with Crippen LogP contribution in [0.25, 0.3) is 0 Å². The number of nitrogens with zero attached hydrogens (tertiary/aromatic N) is 2. The summed E-state index contributed by atoms with van der Waals surface area (Å²) in [6.45, 7) is 7.83. The van der Waals surface area contributed by atoms with E-state index in [4.69, 9.17) is 18.9 Å². The van der Waals surface area contributed by atoms with Gasteiger partial charge in [0.05, 0.1) is 11.5 Å². The normalized spacial score (nSPS) is 15.1. The molecule has 1 saturated heterocycles. The van der Waals surface area contributed by atoms with Crippen LogP contribution in [-0.2, 0) is 21.4 Å². The van der Waals surface area contributed by atoms with Gasteiger partial charge >= 0.3 is 0 Å². The topological polar surface area (TPSA) is 107 Å². The summed E-state index contributed by atoms with van der Waals surface area (Å²) >= 11 is 0. The quantitative estimate of drug-likeness (QED) is 0.396. The van der Waals surface area contributed by atoms with Crippen LogP contribution in [-0.4, -0.2) is 70.3 Å². The highest BCUT2D eigenvalue weighted by Crippen LogP contribution is 2.33. The fourth-order valence-corrected chi connectivity index (χ4v) is 5.78. The van der Waals surface area contributed by atoms with Crippen LogP contribution in [0.2, 0.25) is 0 Å². The Balaban J connectivity index is 1.10. The van der Waals surface area contributed by atoms with Crippen molar-refractivity contribution in [2.24, 2.45) is 0 Å². The molecule has 40 heavy (non-hydrogen) atoms. The highest BCUT2D eigenvalue weighted by atomic mass is 32.2. The Hall–Kier alpha value is -3.96. The minimum absolute atomic E-state index is 0.101. The molecule has 5 rings (SSSR count). The highest BCUT2D eigenvalue weighted by molar-refractivity contribution is 7.92. The van der Waals surface area contributed by atoms with E-state index < -0.39 is 10.0 Å². The number of fused-ring (bicyclic) bond motifs is 1. The van der Waals surface area contributed by atoms with E-state index in [1.807, 2.05) is 25.1 Å². The second-order valence-corrected chi connectivity index (χ2v) is 11.3. The largest absolute Gasteiger partial charge is 0.494 e. The Morgan fingerprint density at radius 1 is 0.925 bits per heavy atom. The van der Waals surface area contributed by atoms with Crippen LogP contribution in [0, 0.1) is 6.92 Å². The number of sulfonamides is 1. The minimum atomic E-state index is -3.80. The molecule has 1 fully saturated rings. The van der Waals surface area contributed by atoms with Crippen LogP contribution in [0.5, 0.6) is 23.0 Å². The van der Waals surface area contributed by atoms with Crippen molar-refractivity contribution in [3.63, 3.8) is 0 Å². The van der Waals surface area contributed by atoms with Gasteiger partial charge in [-0.2, -0.15) is 0 Å². The van der Waals surface area contributed by atoms with Crippen molar-refractivity contribution in [3.8, 4) is 23.0 Å². The summed E-state index contributed by atoms with van der Waals surface area (Å²) in [5.74, 6) is 2.57. The number of hydrogen-bond acceptors (Lipinski definition) is 8. The van der Waals surface area contributed by atoms with Crippen molar-refractivity contribution < 1.29 is 32.2 Å². The van der Waals surface area contributed by atoms with Crippen molar-refractivity contribution in [1.29, 1.82) is 0 Å². The number of rotatable bonds is 10. The summed E-state index contributed by atoms with van der Waals surface area (Å²) in [4.78, 5) is 17.0. The first-order chi connectivity index (χ1) is 19.3. The van der Waals surface area contributed by atoms with Crippen LogP contribution in [0.15, 0.2) is 65.6 Å². The zero-order valence-electron chi connectivity index (χ0n) is 22.6. The van der Waals surface area contributed by atoms with Gasteiger partial charge < -0.3 is 23.8 Å². The lowest BCUT2D eigenvalue weighted by Crippen LogP contribution is -2.49. The van der Waals surface area contributed by atoms with Gasteiger partial charge in [0, 0.05) is 38.4 Å². The predicted octanol–water partition coefficient (Wildman–Crippen LogP) is 3.65. The molecule has 0 unspecified atom stereocenters. The third kappa shape index (κ3) is 6.60. The van der Waals surface area contributed by atoms with E-state index in [1.165, 1.54) is 12.1 Å². The van der Waals surface area contributed by atoms with Crippen LogP contribution in [0.4, 0.5) is 5.69 Å². The van der Waals surface area contributed by atoms with Crippen molar-refractivity contribution in [2.45, 2.75) is 25.3 Å². The Labute approximate surface area is 234 Å². The SMILES string of the molecule is CCOc1ccc(NS(=O)(=O)c2ccc(OCC(=O)N3CCN(Cc4ccc5c(c4)OCO5)CC3)c(C)c2)cc1. The van der Waals surface area contributed by atoms with E-state index >= 15 is 0 Å². The summed E-state index contributed by atoms with van der Waals surface area (Å²) in [5.41, 5.74) is 2.20. The summed E-state index contributed by atoms with van der Waals surface area (Å²) < 4.78 is 50.3. The number of carbonyl (C=O) groups excluding carboxylic acids is 1. The van der Waals surface area contributed by atoms with Gasteiger partial charge in [-0.15, -0.1) is 0 Å². The fourth-order valence-electron chi connectivity index (χ4n) is 4.63. The zero-order chi connectivity index (χ0) is 28.1. The molecule has 1 N–H and O–H groups in total. The van der Waals surface area contributed by atoms with Gasteiger partial charge in [-0.3, -0.25) is 14.4 Å². The molecule has 0 aliphatic carbocycles. The van der Waals surface area contributed by atoms with Crippen LogP contribution in [0.3, 0.4) is 0 Å². The molecule has 3 aromatic carbocycles. The lowest BCUT2D eigenvalue weighted by atomic mass is 10.1. The van der Waals surface area contributed by atoms with Gasteiger partial charge in [0.25, 0.3) is 15.9 Å². The van der Waals surface area contributed by atoms with Gasteiger partial charge in [0.2, 0.25) is 6.79 Å². The Morgan fingerprint density at radius 3 is 2.40 bits per heavy atom. The minimum Gasteiger partial charge on any atom is -0.494 e. The maximum Gasteiger partial charge on any atom is 0.261 e. The zero-order valence-corrected chi connectivity index (χ0v) is 23.4. The number of ether oxygens (including phenoxy) is 4. The van der Waals surface area contributed by atoms with E-state index in [2.05, 4.69) is 9.62 Å². The average molecular weight is 568 g/mol. The first kappa shape index (κ1) is 27.6. The average Bonchev–Trinajstić information content (AvgIpc) is 3.42. The Bertz CT molecular complexity index is 1450. The standard InChI is InChI=1S/C29H33N3O7S/c1-3-36-24-7-5-23(6-8-24)30-40(34,35)25-9-11-26(21(2)16-25)37-19-29(33)32-14-12-31(13-15-32)18-22-4-10-27-28(17-22)39-20-38-27/h4-11,16-17,30H,3,12-15,18-20H2,1-2H3. The molecule has 3 aromatic rings. The van der Waals surface area contributed by atoms with Crippen LogP contribution in [0.1, 0.15) is 18.1 Å². The molecule has 0 spiro atoms. The van der Waals surface area contributed by atoms with Gasteiger partial charge in [-0.25, -0.2) is 8.42 Å². The third-order valence-corrected chi connectivity index (χ3v) is 8.17. The maximum atomic E-state index is 12.9. The van der Waals surface area contributed by atoms with E-state index in [0.717, 1.165) is 36.7 Å². The number of anilines is 1. The molecule has 10 nitrogen and oxygen atoms in total. The summed E-state index contributed by atoms with van der Waals surface area (Å²) in [7, 11) is -3.80. The van der Waals surface area contributed by atoms with Crippen LogP contribution >= 0.6 is 0 Å². The Kier molecular flexibility index (Phi) is 8.32. The first-order valence-electron chi connectivity index (χ1n) is 13.2. The molecule has 2 aliphatic heterocycles. The molecule has 0 saturated carbocycles. The predicted molar refractivity (Wildman–Crippen MR) is 150 cm³/mol. The van der Waals surface area contributed by atoms with E-state index in [0.29, 0.717) is 42.4 Å². The molecule has 2 aliphatic rings. The van der Waals surface area contributed by atoms with Gasteiger partial charge in [-0.1, -0.05) is 6.07 Å². The summed E-state index contributed by atoms with van der Waals surface area (Å²) in [5, 5.41) is 0. The number of nitrogens with one attached hydrogen (secondary N) is 1. The van der Waals surface area contributed by atoms with Gasteiger partial charge in [0.15, 0.2) is 18.1 Å². The molecule has 11 heteroatoms. The second kappa shape index (κ2) is 12.1. The van der Waals surface area contributed by atoms with Crippen molar-refractivity contribution in [1.82, 2.24) is 9.80 Å². The number of aryl methyl sites for hydroxylation is 1. The Morgan fingerprint density at radius 2 is 1.68 bits per heavy atom. The molecule has 0 radical (unpaired) electrons. The first-order valence-corrected chi connectivity index (χ1v) is 14.7. The molecular formula is C29H33N3O7S. The molecule has 0 bridgehead atoms. The lowest BCUT2D eigenvalue weighted by molar-refractivity contribution is -0.135. The fraction of sp³-hybridized carbons (Fsp3) is 0.345. The smallest absolute Gasteiger partial charge is 0.261 e. The second-order valence-electron chi connectivity index (χ2n) is 9.62. The number of amides is 1. The maximum absolute atomic E-state index is 12.9. The van der Waals surface area contributed by atoms with Gasteiger partial charge in [0.1, 0.15) is 11.5 Å². The van der Waals surface area contributed by atoms with Crippen molar-refractivity contribution in [3.05, 3.63) is 71.8 Å². The monoisotopic (exact) mass is 567 g/mol. The summed E-state index contributed by atoms with van der Waals surface area (Å²) in [6, 6.07) is 17.3. The molecular weight excluding hydrogens is 534 g/mol. The third-order valence-electron chi connectivity index (χ3n) is 6.79. The molecule has 0 atom stereocenters. The molecule has 0 aromatic heterocycles. The van der Waals surface area contributed by atoms with E-state index in [9.17, 15) is 13.2 Å². The number of piperazine rings is 1.